The van der Waals surface area contributed by atoms with Gasteiger partial charge in [-0.2, -0.15) is 0 Å². The number of fused-ring (bicyclic) bond motifs is 1. The fraction of sp³-hybridized carbons (Fsp3) is 0.947. The lowest BCUT2D eigenvalue weighted by Crippen LogP contribution is -2.35. The minimum atomic E-state index is 0.309. The van der Waals surface area contributed by atoms with Gasteiger partial charge in [0.2, 0.25) is 5.91 Å². The predicted molar refractivity (Wildman–Crippen MR) is 89.2 cm³/mol. The minimum Gasteiger partial charge on any atom is -0.356 e. The van der Waals surface area contributed by atoms with E-state index in [1.807, 2.05) is 0 Å². The van der Waals surface area contributed by atoms with Crippen molar-refractivity contribution < 1.29 is 4.79 Å². The number of hydrogen-bond acceptors (Lipinski definition) is 1. The third-order valence-electron chi connectivity index (χ3n) is 5.55. The summed E-state index contributed by atoms with van der Waals surface area (Å²) in [6, 6.07) is 0. The van der Waals surface area contributed by atoms with Crippen LogP contribution in [0.25, 0.3) is 0 Å². The third-order valence-corrected chi connectivity index (χ3v) is 5.55. The molecule has 2 atom stereocenters. The average Bonchev–Trinajstić information content (AvgIpc) is 2.58. The maximum Gasteiger partial charge on any atom is 0.223 e. The topological polar surface area (TPSA) is 29.1 Å². The summed E-state index contributed by atoms with van der Waals surface area (Å²) in [5.41, 5.74) is 0. The Labute approximate surface area is 131 Å². The molecule has 2 nitrogen and oxygen atoms in total. The van der Waals surface area contributed by atoms with Crippen molar-refractivity contribution in [2.24, 2.45) is 11.8 Å². The first-order valence-corrected chi connectivity index (χ1v) is 9.65. The van der Waals surface area contributed by atoms with Gasteiger partial charge in [-0.1, -0.05) is 70.6 Å². The maximum atomic E-state index is 12.5. The van der Waals surface area contributed by atoms with Crippen LogP contribution >= 0.6 is 0 Å². The number of amides is 1. The molecule has 0 radical (unpaired) electrons. The Kier molecular flexibility index (Phi) is 8.21. The van der Waals surface area contributed by atoms with Gasteiger partial charge in [0.05, 0.1) is 0 Å². The molecule has 1 N–H and O–H groups in total. The highest BCUT2D eigenvalue weighted by atomic mass is 16.1. The second-order valence-electron chi connectivity index (χ2n) is 7.27. The molecule has 2 heteroatoms. The molecule has 0 aromatic heterocycles. The van der Waals surface area contributed by atoms with Crippen LogP contribution in [0.15, 0.2) is 0 Å². The summed E-state index contributed by atoms with van der Waals surface area (Å²) in [6.07, 6.45) is 19.9. The Bertz CT molecular complexity index is 289. The monoisotopic (exact) mass is 293 g/mol. The zero-order chi connectivity index (χ0) is 14.8. The maximum absolute atomic E-state index is 12.5. The van der Waals surface area contributed by atoms with Crippen LogP contribution in [-0.4, -0.2) is 12.5 Å². The lowest BCUT2D eigenvalue weighted by molar-refractivity contribution is -0.127. The fourth-order valence-electron chi connectivity index (χ4n) is 4.19. The molecule has 0 bridgehead atoms. The standard InChI is InChI=1S/C19H35NO/c21-19-18-15-11-7-5-3-1-2-4-6-9-13-17(18)14-10-8-12-16-20-19/h17-18H,1-16H2,(H,20,21). The molecule has 1 aliphatic carbocycles. The fourth-order valence-corrected chi connectivity index (χ4v) is 4.19. The van der Waals surface area contributed by atoms with Gasteiger partial charge in [-0.3, -0.25) is 4.79 Å². The van der Waals surface area contributed by atoms with Crippen LogP contribution in [0.2, 0.25) is 0 Å². The van der Waals surface area contributed by atoms with Gasteiger partial charge in [0, 0.05) is 12.5 Å². The number of carbonyl (C=O) groups is 1. The van der Waals surface area contributed by atoms with Gasteiger partial charge in [-0.15, -0.1) is 0 Å². The molecule has 1 saturated carbocycles. The largest absolute Gasteiger partial charge is 0.356 e. The molecule has 2 aliphatic rings. The van der Waals surface area contributed by atoms with E-state index in [1.54, 1.807) is 0 Å². The SMILES string of the molecule is O=C1NCCCCCC2CCCCCCCCCCCC12. The van der Waals surface area contributed by atoms with Gasteiger partial charge < -0.3 is 5.32 Å². The summed E-state index contributed by atoms with van der Waals surface area (Å²) in [6.45, 7) is 0.905. The molecular formula is C19H35NO. The van der Waals surface area contributed by atoms with Crippen molar-refractivity contribution >= 4 is 5.91 Å². The Morgan fingerprint density at radius 3 is 1.71 bits per heavy atom. The molecule has 1 amide bonds. The lowest BCUT2D eigenvalue weighted by atomic mass is 9.80. The van der Waals surface area contributed by atoms with Gasteiger partial charge in [0.15, 0.2) is 0 Å². The van der Waals surface area contributed by atoms with E-state index in [1.165, 1.54) is 89.9 Å². The van der Waals surface area contributed by atoms with Crippen molar-refractivity contribution in [3.8, 4) is 0 Å². The van der Waals surface area contributed by atoms with Crippen molar-refractivity contribution in [3.63, 3.8) is 0 Å². The highest BCUT2D eigenvalue weighted by Crippen LogP contribution is 2.31. The van der Waals surface area contributed by atoms with Gasteiger partial charge in [-0.05, 0) is 31.6 Å². The number of carbonyl (C=O) groups excluding carboxylic acids is 1. The van der Waals surface area contributed by atoms with E-state index in [2.05, 4.69) is 5.32 Å². The van der Waals surface area contributed by atoms with Gasteiger partial charge >= 0.3 is 0 Å². The van der Waals surface area contributed by atoms with Gasteiger partial charge in [-0.25, -0.2) is 0 Å². The smallest absolute Gasteiger partial charge is 0.223 e. The molecule has 1 saturated heterocycles. The van der Waals surface area contributed by atoms with Crippen molar-refractivity contribution in [1.29, 1.82) is 0 Å². The molecular weight excluding hydrogens is 258 g/mol. The zero-order valence-corrected chi connectivity index (χ0v) is 13.9. The van der Waals surface area contributed by atoms with Crippen LogP contribution < -0.4 is 5.32 Å². The number of rotatable bonds is 0. The van der Waals surface area contributed by atoms with E-state index in [-0.39, 0.29) is 0 Å². The Morgan fingerprint density at radius 2 is 1.10 bits per heavy atom. The van der Waals surface area contributed by atoms with Crippen molar-refractivity contribution in [1.82, 2.24) is 5.32 Å². The van der Waals surface area contributed by atoms with E-state index in [0.29, 0.717) is 17.7 Å². The quantitative estimate of drug-likeness (QED) is 0.652. The molecule has 1 heterocycles. The van der Waals surface area contributed by atoms with E-state index < -0.39 is 0 Å². The van der Waals surface area contributed by atoms with Crippen LogP contribution in [0.3, 0.4) is 0 Å². The summed E-state index contributed by atoms with van der Waals surface area (Å²) >= 11 is 0. The summed E-state index contributed by atoms with van der Waals surface area (Å²) < 4.78 is 0. The molecule has 1 aliphatic heterocycles. The summed E-state index contributed by atoms with van der Waals surface area (Å²) in [5, 5.41) is 3.21. The zero-order valence-electron chi connectivity index (χ0n) is 13.9. The third kappa shape index (κ3) is 6.40. The molecule has 0 aromatic carbocycles. The highest BCUT2D eigenvalue weighted by Gasteiger charge is 2.27. The van der Waals surface area contributed by atoms with Gasteiger partial charge in [0.25, 0.3) is 0 Å². The Hall–Kier alpha value is -0.530. The number of hydrogen-bond donors (Lipinski definition) is 1. The second kappa shape index (κ2) is 10.2. The molecule has 122 valence electrons. The summed E-state index contributed by atoms with van der Waals surface area (Å²) in [4.78, 5) is 12.5. The molecule has 2 fully saturated rings. The molecule has 0 aromatic rings. The average molecular weight is 293 g/mol. The number of nitrogens with one attached hydrogen (secondary N) is 1. The molecule has 21 heavy (non-hydrogen) atoms. The van der Waals surface area contributed by atoms with Crippen LogP contribution in [-0.2, 0) is 4.79 Å². The minimum absolute atomic E-state index is 0.309. The van der Waals surface area contributed by atoms with Crippen molar-refractivity contribution in [2.45, 2.75) is 96.3 Å². The van der Waals surface area contributed by atoms with E-state index in [9.17, 15) is 4.79 Å². The molecule has 0 spiro atoms. The highest BCUT2D eigenvalue weighted by molar-refractivity contribution is 5.78. The summed E-state index contributed by atoms with van der Waals surface area (Å²) in [7, 11) is 0. The Morgan fingerprint density at radius 1 is 0.619 bits per heavy atom. The van der Waals surface area contributed by atoms with E-state index in [0.717, 1.165) is 13.0 Å². The molecule has 2 unspecified atom stereocenters. The van der Waals surface area contributed by atoms with Crippen LogP contribution in [0.4, 0.5) is 0 Å². The first kappa shape index (κ1) is 16.8. The van der Waals surface area contributed by atoms with E-state index >= 15 is 0 Å². The van der Waals surface area contributed by atoms with Crippen molar-refractivity contribution in [2.75, 3.05) is 6.54 Å². The van der Waals surface area contributed by atoms with Gasteiger partial charge in [0.1, 0.15) is 0 Å². The van der Waals surface area contributed by atoms with Crippen LogP contribution in [0.5, 0.6) is 0 Å². The predicted octanol–water partition coefficient (Wildman–Crippen LogP) is 5.21. The van der Waals surface area contributed by atoms with E-state index in [4.69, 9.17) is 0 Å². The normalized spacial score (nSPS) is 31.1. The summed E-state index contributed by atoms with van der Waals surface area (Å²) in [5.74, 6) is 1.34. The lowest BCUT2D eigenvalue weighted by Gasteiger charge is -2.26. The first-order valence-electron chi connectivity index (χ1n) is 9.65. The molecule has 2 rings (SSSR count). The second-order valence-corrected chi connectivity index (χ2v) is 7.27. The van der Waals surface area contributed by atoms with Crippen LogP contribution in [0, 0.1) is 11.8 Å². The van der Waals surface area contributed by atoms with Crippen LogP contribution in [0.1, 0.15) is 96.3 Å². The first-order chi connectivity index (χ1) is 10.4. The Balaban J connectivity index is 1.96. The van der Waals surface area contributed by atoms with Crippen molar-refractivity contribution in [3.05, 3.63) is 0 Å².